The molecule has 0 aliphatic rings. The summed E-state index contributed by atoms with van der Waals surface area (Å²) in [6.07, 6.45) is 3.09. The van der Waals surface area contributed by atoms with E-state index >= 15 is 0 Å². The average Bonchev–Trinajstić information content (AvgIpc) is 2.25. The number of nitrogens with zero attached hydrogens (tertiary/aromatic N) is 2. The first-order chi connectivity index (χ1) is 7.15. The molecule has 1 N–H and O–H groups in total. The van der Waals surface area contributed by atoms with Crippen LogP contribution >= 0.6 is 0 Å². The number of hydrogen-bond acceptors (Lipinski definition) is 3. The summed E-state index contributed by atoms with van der Waals surface area (Å²) in [5, 5.41) is 3.08. The Labute approximate surface area is 92.3 Å². The van der Waals surface area contributed by atoms with E-state index in [0.29, 0.717) is 5.92 Å². The molecule has 0 unspecified atom stereocenters. The van der Waals surface area contributed by atoms with Gasteiger partial charge in [-0.15, -0.1) is 0 Å². The summed E-state index contributed by atoms with van der Waals surface area (Å²) in [7, 11) is 1.90. The molecule has 1 aromatic heterocycles. The molecular weight excluding hydrogens is 186 g/mol. The van der Waals surface area contributed by atoms with Crippen molar-refractivity contribution in [1.82, 2.24) is 9.97 Å². The Morgan fingerprint density at radius 3 is 2.60 bits per heavy atom. The third-order valence-electron chi connectivity index (χ3n) is 2.39. The minimum absolute atomic E-state index is 0.705. The maximum absolute atomic E-state index is 4.52. The van der Waals surface area contributed by atoms with Gasteiger partial charge in [0.05, 0.1) is 0 Å². The van der Waals surface area contributed by atoms with Crippen LogP contribution in [0, 0.1) is 5.92 Å². The van der Waals surface area contributed by atoms with Gasteiger partial charge in [0.15, 0.2) is 0 Å². The molecule has 1 rings (SSSR count). The first kappa shape index (κ1) is 12.0. The third kappa shape index (κ3) is 3.86. The summed E-state index contributed by atoms with van der Waals surface area (Å²) in [6, 6.07) is 2.01. The molecule has 15 heavy (non-hydrogen) atoms. The van der Waals surface area contributed by atoms with Crippen molar-refractivity contribution >= 4 is 5.82 Å². The second-order valence-electron chi connectivity index (χ2n) is 4.20. The van der Waals surface area contributed by atoms with E-state index in [-0.39, 0.29) is 0 Å². The Hall–Kier alpha value is -1.12. The Bertz CT molecular complexity index is 285. The molecule has 0 atom stereocenters. The topological polar surface area (TPSA) is 37.8 Å². The lowest BCUT2D eigenvalue weighted by molar-refractivity contribution is 0.573. The quantitative estimate of drug-likeness (QED) is 0.806. The van der Waals surface area contributed by atoms with Gasteiger partial charge in [-0.1, -0.05) is 20.8 Å². The highest BCUT2D eigenvalue weighted by molar-refractivity contribution is 5.35. The molecule has 3 nitrogen and oxygen atoms in total. The molecule has 0 aliphatic carbocycles. The van der Waals surface area contributed by atoms with Crippen molar-refractivity contribution in [3.8, 4) is 0 Å². The summed E-state index contributed by atoms with van der Waals surface area (Å²) in [6.45, 7) is 6.57. The zero-order valence-electron chi connectivity index (χ0n) is 10.2. The van der Waals surface area contributed by atoms with Crippen LogP contribution in [0.4, 0.5) is 5.82 Å². The summed E-state index contributed by atoms with van der Waals surface area (Å²) < 4.78 is 0. The SMILES string of the molecule is CCc1cc(NC)nc(CCC(C)C)n1. The molecule has 0 saturated heterocycles. The Balaban J connectivity index is 2.77. The van der Waals surface area contributed by atoms with Gasteiger partial charge in [-0.3, -0.25) is 0 Å². The van der Waals surface area contributed by atoms with E-state index in [1.54, 1.807) is 0 Å². The number of hydrogen-bond donors (Lipinski definition) is 1. The van der Waals surface area contributed by atoms with Crippen molar-refractivity contribution in [3.63, 3.8) is 0 Å². The fraction of sp³-hybridized carbons (Fsp3) is 0.667. The molecule has 1 aromatic rings. The fourth-order valence-corrected chi connectivity index (χ4v) is 1.39. The summed E-state index contributed by atoms with van der Waals surface area (Å²) in [4.78, 5) is 8.97. The molecule has 84 valence electrons. The Morgan fingerprint density at radius 1 is 1.33 bits per heavy atom. The van der Waals surface area contributed by atoms with Crippen LogP contribution in [-0.2, 0) is 12.8 Å². The smallest absolute Gasteiger partial charge is 0.131 e. The lowest BCUT2D eigenvalue weighted by Gasteiger charge is -2.07. The fourth-order valence-electron chi connectivity index (χ4n) is 1.39. The highest BCUT2D eigenvalue weighted by atomic mass is 15.0. The molecule has 0 bridgehead atoms. The van der Waals surface area contributed by atoms with Crippen LogP contribution in [0.3, 0.4) is 0 Å². The predicted molar refractivity (Wildman–Crippen MR) is 64.1 cm³/mol. The number of rotatable bonds is 5. The monoisotopic (exact) mass is 207 g/mol. The zero-order valence-corrected chi connectivity index (χ0v) is 10.2. The van der Waals surface area contributed by atoms with Gasteiger partial charge in [-0.2, -0.15) is 0 Å². The highest BCUT2D eigenvalue weighted by Gasteiger charge is 2.03. The number of nitrogens with one attached hydrogen (secondary N) is 1. The molecular formula is C12H21N3. The van der Waals surface area contributed by atoms with E-state index in [2.05, 4.69) is 36.1 Å². The van der Waals surface area contributed by atoms with Crippen molar-refractivity contribution in [2.24, 2.45) is 5.92 Å². The van der Waals surface area contributed by atoms with Gasteiger partial charge < -0.3 is 5.32 Å². The van der Waals surface area contributed by atoms with E-state index < -0.39 is 0 Å². The summed E-state index contributed by atoms with van der Waals surface area (Å²) in [5.41, 5.74) is 1.12. The predicted octanol–water partition coefficient (Wildman–Crippen LogP) is 2.67. The highest BCUT2D eigenvalue weighted by Crippen LogP contribution is 2.10. The Morgan fingerprint density at radius 2 is 2.07 bits per heavy atom. The lowest BCUT2D eigenvalue weighted by atomic mass is 10.1. The van der Waals surface area contributed by atoms with Gasteiger partial charge in [-0.25, -0.2) is 9.97 Å². The standard InChI is InChI=1S/C12H21N3/c1-5-10-8-12(13-4)15-11(14-10)7-6-9(2)3/h8-9H,5-7H2,1-4H3,(H,13,14,15). The van der Waals surface area contributed by atoms with Gasteiger partial charge in [0, 0.05) is 25.2 Å². The minimum atomic E-state index is 0.705. The molecule has 0 spiro atoms. The lowest BCUT2D eigenvalue weighted by Crippen LogP contribution is -2.04. The van der Waals surface area contributed by atoms with Gasteiger partial charge in [0.1, 0.15) is 11.6 Å². The number of aryl methyl sites for hydroxylation is 2. The van der Waals surface area contributed by atoms with Crippen molar-refractivity contribution in [2.75, 3.05) is 12.4 Å². The van der Waals surface area contributed by atoms with Crippen molar-refractivity contribution < 1.29 is 0 Å². The maximum Gasteiger partial charge on any atom is 0.131 e. The number of aromatic nitrogens is 2. The van der Waals surface area contributed by atoms with E-state index in [1.165, 1.54) is 0 Å². The van der Waals surface area contributed by atoms with Crippen molar-refractivity contribution in [1.29, 1.82) is 0 Å². The normalized spacial score (nSPS) is 10.7. The molecule has 1 heterocycles. The van der Waals surface area contributed by atoms with Crippen molar-refractivity contribution in [3.05, 3.63) is 17.6 Å². The second kappa shape index (κ2) is 5.69. The molecule has 0 fully saturated rings. The van der Waals surface area contributed by atoms with Gasteiger partial charge >= 0.3 is 0 Å². The Kier molecular flexibility index (Phi) is 4.53. The van der Waals surface area contributed by atoms with Crippen LogP contribution in [-0.4, -0.2) is 17.0 Å². The van der Waals surface area contributed by atoms with Crippen LogP contribution in [0.1, 0.15) is 38.7 Å². The van der Waals surface area contributed by atoms with Crippen molar-refractivity contribution in [2.45, 2.75) is 40.0 Å². The second-order valence-corrected chi connectivity index (χ2v) is 4.20. The van der Waals surface area contributed by atoms with Crippen LogP contribution in [0.5, 0.6) is 0 Å². The minimum Gasteiger partial charge on any atom is -0.373 e. The summed E-state index contributed by atoms with van der Waals surface area (Å²) in [5.74, 6) is 2.60. The zero-order chi connectivity index (χ0) is 11.3. The maximum atomic E-state index is 4.52. The van der Waals surface area contributed by atoms with Gasteiger partial charge in [-0.05, 0) is 18.8 Å². The first-order valence-electron chi connectivity index (χ1n) is 5.70. The third-order valence-corrected chi connectivity index (χ3v) is 2.39. The average molecular weight is 207 g/mol. The summed E-state index contributed by atoms with van der Waals surface area (Å²) >= 11 is 0. The largest absolute Gasteiger partial charge is 0.373 e. The van der Waals surface area contributed by atoms with E-state index in [9.17, 15) is 0 Å². The van der Waals surface area contributed by atoms with Gasteiger partial charge in [0.2, 0.25) is 0 Å². The molecule has 0 aromatic carbocycles. The van der Waals surface area contributed by atoms with Gasteiger partial charge in [0.25, 0.3) is 0 Å². The van der Waals surface area contributed by atoms with E-state index in [1.807, 2.05) is 13.1 Å². The molecule has 0 saturated carbocycles. The van der Waals surface area contributed by atoms with Crippen LogP contribution in [0.25, 0.3) is 0 Å². The van der Waals surface area contributed by atoms with Crippen LogP contribution in [0.2, 0.25) is 0 Å². The number of anilines is 1. The molecule has 3 heteroatoms. The van der Waals surface area contributed by atoms with E-state index in [4.69, 9.17) is 0 Å². The van der Waals surface area contributed by atoms with Crippen LogP contribution in [0.15, 0.2) is 6.07 Å². The first-order valence-corrected chi connectivity index (χ1v) is 5.70. The molecule has 0 aliphatic heterocycles. The van der Waals surface area contributed by atoms with Crippen LogP contribution < -0.4 is 5.32 Å². The molecule has 0 amide bonds. The molecule has 0 radical (unpaired) electrons. The van der Waals surface area contributed by atoms with E-state index in [0.717, 1.165) is 36.6 Å².